The fourth-order valence-corrected chi connectivity index (χ4v) is 4.17. The van der Waals surface area contributed by atoms with Crippen LogP contribution < -0.4 is 9.47 Å². The maximum atomic E-state index is 12.8. The Morgan fingerprint density at radius 3 is 2.46 bits per heavy atom. The quantitative estimate of drug-likeness (QED) is 0.741. The second-order valence-electron chi connectivity index (χ2n) is 7.75. The Balaban J connectivity index is 1.25. The first kappa shape index (κ1) is 19.1. The van der Waals surface area contributed by atoms with Gasteiger partial charge in [0, 0.05) is 45.8 Å². The number of nitrogens with zero attached hydrogens (tertiary/aromatic N) is 3. The fourth-order valence-electron chi connectivity index (χ4n) is 4.17. The van der Waals surface area contributed by atoms with Crippen molar-refractivity contribution in [2.45, 2.75) is 26.8 Å². The van der Waals surface area contributed by atoms with E-state index >= 15 is 0 Å². The first-order valence-electron chi connectivity index (χ1n) is 10.3. The molecule has 0 spiro atoms. The Kier molecular flexibility index (Phi) is 5.44. The molecule has 2 aliphatic heterocycles. The van der Waals surface area contributed by atoms with Crippen LogP contribution in [-0.4, -0.2) is 72.6 Å². The van der Waals surface area contributed by atoms with Crippen LogP contribution in [0.2, 0.25) is 0 Å². The zero-order chi connectivity index (χ0) is 19.7. The number of amides is 2. The van der Waals surface area contributed by atoms with E-state index in [-0.39, 0.29) is 23.7 Å². The van der Waals surface area contributed by atoms with Gasteiger partial charge in [-0.15, -0.1) is 0 Å². The Bertz CT molecular complexity index is 741. The molecule has 4 rings (SSSR count). The van der Waals surface area contributed by atoms with Crippen LogP contribution in [0.5, 0.6) is 11.5 Å². The normalized spacial score (nSPS) is 23.6. The number of carbonyl (C=O) groups is 2. The number of piperazine rings is 1. The summed E-state index contributed by atoms with van der Waals surface area (Å²) in [6.45, 7) is 9.68. The van der Waals surface area contributed by atoms with Gasteiger partial charge in [0.05, 0.1) is 11.8 Å². The number of fused-ring (bicyclic) bond motifs is 1. The highest BCUT2D eigenvalue weighted by atomic mass is 16.7. The fraction of sp³-hybridized carbons (Fsp3) is 0.619. The van der Waals surface area contributed by atoms with Crippen molar-refractivity contribution in [2.75, 3.05) is 46.1 Å². The average Bonchev–Trinajstić information content (AvgIpc) is 3.38. The Morgan fingerprint density at radius 2 is 1.75 bits per heavy atom. The summed E-state index contributed by atoms with van der Waals surface area (Å²) in [5.41, 5.74) is 1.19. The van der Waals surface area contributed by atoms with Crippen LogP contribution in [0, 0.1) is 11.8 Å². The molecule has 0 radical (unpaired) electrons. The molecule has 2 atom stereocenters. The summed E-state index contributed by atoms with van der Waals surface area (Å²) in [6.07, 6.45) is 0.714. The van der Waals surface area contributed by atoms with E-state index in [2.05, 4.69) is 11.0 Å². The molecule has 28 heavy (non-hydrogen) atoms. The summed E-state index contributed by atoms with van der Waals surface area (Å²) in [5, 5.41) is 0. The van der Waals surface area contributed by atoms with Crippen molar-refractivity contribution in [3.63, 3.8) is 0 Å². The molecule has 2 fully saturated rings. The monoisotopic (exact) mass is 387 g/mol. The molecule has 152 valence electrons. The number of carbonyl (C=O) groups excluding carboxylic acids is 2. The summed E-state index contributed by atoms with van der Waals surface area (Å²) >= 11 is 0. The molecular weight excluding hydrogens is 358 g/mol. The van der Waals surface area contributed by atoms with E-state index in [1.54, 1.807) is 0 Å². The Morgan fingerprint density at radius 1 is 1.04 bits per heavy atom. The van der Waals surface area contributed by atoms with Crippen molar-refractivity contribution in [1.29, 1.82) is 0 Å². The predicted octanol–water partition coefficient (Wildman–Crippen LogP) is 1.56. The summed E-state index contributed by atoms with van der Waals surface area (Å²) in [4.78, 5) is 31.3. The molecule has 2 unspecified atom stereocenters. The topological polar surface area (TPSA) is 62.3 Å². The van der Waals surface area contributed by atoms with E-state index in [0.717, 1.165) is 44.2 Å². The Hall–Kier alpha value is -2.28. The number of benzene rings is 1. The maximum Gasteiger partial charge on any atom is 0.231 e. The summed E-state index contributed by atoms with van der Waals surface area (Å²) < 4.78 is 10.8. The molecule has 2 heterocycles. The first-order valence-corrected chi connectivity index (χ1v) is 10.3. The van der Waals surface area contributed by atoms with Gasteiger partial charge in [0.1, 0.15) is 0 Å². The van der Waals surface area contributed by atoms with Crippen LogP contribution in [0.4, 0.5) is 0 Å². The molecule has 1 aliphatic carbocycles. The summed E-state index contributed by atoms with van der Waals surface area (Å²) in [5.74, 6) is 1.71. The van der Waals surface area contributed by atoms with Crippen LogP contribution in [0.15, 0.2) is 18.2 Å². The zero-order valence-corrected chi connectivity index (χ0v) is 16.7. The molecule has 1 saturated carbocycles. The SMILES string of the molecule is CCN(CC)C(=O)C1CC1C(=O)N1CCN(Cc2ccc3c(c2)OCO3)CC1. The van der Waals surface area contributed by atoms with Gasteiger partial charge >= 0.3 is 0 Å². The highest BCUT2D eigenvalue weighted by Gasteiger charge is 2.50. The third kappa shape index (κ3) is 3.81. The molecule has 7 nitrogen and oxygen atoms in total. The van der Waals surface area contributed by atoms with E-state index in [9.17, 15) is 9.59 Å². The molecule has 3 aliphatic rings. The van der Waals surface area contributed by atoms with Gasteiger partial charge < -0.3 is 19.3 Å². The van der Waals surface area contributed by atoms with Gasteiger partial charge in [-0.05, 0) is 38.0 Å². The molecule has 1 aromatic carbocycles. The van der Waals surface area contributed by atoms with E-state index in [0.29, 0.717) is 26.3 Å². The molecule has 0 N–H and O–H groups in total. The van der Waals surface area contributed by atoms with E-state index in [1.807, 2.05) is 35.8 Å². The van der Waals surface area contributed by atoms with Gasteiger partial charge in [0.15, 0.2) is 11.5 Å². The second kappa shape index (κ2) is 7.99. The lowest BCUT2D eigenvalue weighted by Gasteiger charge is -2.35. The van der Waals surface area contributed by atoms with Crippen LogP contribution in [0.1, 0.15) is 25.8 Å². The molecule has 1 aromatic rings. The first-order chi connectivity index (χ1) is 13.6. The van der Waals surface area contributed by atoms with Crippen LogP contribution in [0.3, 0.4) is 0 Å². The number of ether oxygens (including phenoxy) is 2. The number of rotatable bonds is 6. The van der Waals surface area contributed by atoms with Crippen molar-refractivity contribution >= 4 is 11.8 Å². The van der Waals surface area contributed by atoms with E-state index in [1.165, 1.54) is 5.56 Å². The van der Waals surface area contributed by atoms with Gasteiger partial charge in [-0.25, -0.2) is 0 Å². The minimum Gasteiger partial charge on any atom is -0.454 e. The molecule has 7 heteroatoms. The molecule has 1 saturated heterocycles. The summed E-state index contributed by atoms with van der Waals surface area (Å²) in [6, 6.07) is 6.06. The molecule has 2 amide bonds. The Labute approximate surface area is 166 Å². The maximum absolute atomic E-state index is 12.8. The van der Waals surface area contributed by atoms with Crippen LogP contribution >= 0.6 is 0 Å². The van der Waals surface area contributed by atoms with Gasteiger partial charge in [0.25, 0.3) is 0 Å². The third-order valence-corrected chi connectivity index (χ3v) is 6.03. The van der Waals surface area contributed by atoms with Gasteiger partial charge in [0.2, 0.25) is 18.6 Å². The lowest BCUT2D eigenvalue weighted by atomic mass is 10.1. The van der Waals surface area contributed by atoms with E-state index in [4.69, 9.17) is 9.47 Å². The smallest absolute Gasteiger partial charge is 0.231 e. The third-order valence-electron chi connectivity index (χ3n) is 6.03. The van der Waals surface area contributed by atoms with Gasteiger partial charge in [-0.3, -0.25) is 14.5 Å². The average molecular weight is 387 g/mol. The van der Waals surface area contributed by atoms with Gasteiger partial charge in [-0.1, -0.05) is 6.07 Å². The highest BCUT2D eigenvalue weighted by Crippen LogP contribution is 2.41. The van der Waals surface area contributed by atoms with Gasteiger partial charge in [-0.2, -0.15) is 0 Å². The lowest BCUT2D eigenvalue weighted by molar-refractivity contribution is -0.138. The van der Waals surface area contributed by atoms with Crippen LogP contribution in [-0.2, 0) is 16.1 Å². The number of hydrogen-bond acceptors (Lipinski definition) is 5. The van der Waals surface area contributed by atoms with Crippen molar-refractivity contribution in [3.8, 4) is 11.5 Å². The van der Waals surface area contributed by atoms with E-state index < -0.39 is 0 Å². The summed E-state index contributed by atoms with van der Waals surface area (Å²) in [7, 11) is 0. The standard InChI is InChI=1S/C21H29N3O4/c1-3-23(4-2)20(25)16-12-17(16)21(26)24-9-7-22(8-10-24)13-15-5-6-18-19(11-15)28-14-27-18/h5-6,11,16-17H,3-4,7-10,12-14H2,1-2H3. The zero-order valence-electron chi connectivity index (χ0n) is 16.7. The van der Waals surface area contributed by atoms with Crippen LogP contribution in [0.25, 0.3) is 0 Å². The molecule has 0 bridgehead atoms. The van der Waals surface area contributed by atoms with Crippen molar-refractivity contribution in [3.05, 3.63) is 23.8 Å². The number of hydrogen-bond donors (Lipinski definition) is 0. The highest BCUT2D eigenvalue weighted by molar-refractivity contribution is 5.92. The molecule has 0 aromatic heterocycles. The van der Waals surface area contributed by atoms with Crippen molar-refractivity contribution in [1.82, 2.24) is 14.7 Å². The molecular formula is C21H29N3O4. The minimum absolute atomic E-state index is 0.0981. The lowest BCUT2D eigenvalue weighted by Crippen LogP contribution is -2.49. The van der Waals surface area contributed by atoms with Crippen molar-refractivity contribution in [2.24, 2.45) is 11.8 Å². The predicted molar refractivity (Wildman–Crippen MR) is 104 cm³/mol. The minimum atomic E-state index is -0.103. The second-order valence-corrected chi connectivity index (χ2v) is 7.75. The van der Waals surface area contributed by atoms with Crippen molar-refractivity contribution < 1.29 is 19.1 Å². The largest absolute Gasteiger partial charge is 0.454 e.